The number of nitrogens with zero attached hydrogens (tertiary/aromatic N) is 1. The molecule has 0 spiro atoms. The molecular weight excluding hydrogens is 482 g/mol. The average Bonchev–Trinajstić information content (AvgIpc) is 3.26. The fourth-order valence-corrected chi connectivity index (χ4v) is 5.34. The number of methoxy groups -OCH3 is 2. The summed E-state index contributed by atoms with van der Waals surface area (Å²) in [5, 5.41) is 3.77. The number of fused-ring (bicyclic) bond motifs is 1. The predicted octanol–water partition coefficient (Wildman–Crippen LogP) is 7.10. The quantitative estimate of drug-likeness (QED) is 0.255. The molecule has 6 nitrogen and oxygen atoms in total. The second kappa shape index (κ2) is 9.95. The zero-order chi connectivity index (χ0) is 26.1. The highest BCUT2D eigenvalue weighted by Gasteiger charge is 2.23. The minimum Gasteiger partial charge on any atom is -0.493 e. The van der Waals surface area contributed by atoms with Crippen LogP contribution in [0.3, 0.4) is 0 Å². The number of hydrogen-bond donors (Lipinski definition) is 2. The van der Waals surface area contributed by atoms with Crippen LogP contribution in [0.2, 0.25) is 0 Å². The second-order valence-corrected chi connectivity index (χ2v) is 9.79. The van der Waals surface area contributed by atoms with Crippen LogP contribution in [-0.2, 0) is 0 Å². The van der Waals surface area contributed by atoms with E-state index in [1.807, 2.05) is 86.6 Å². The molecule has 2 heterocycles. The van der Waals surface area contributed by atoms with Gasteiger partial charge in [-0.1, -0.05) is 48.5 Å². The summed E-state index contributed by atoms with van der Waals surface area (Å²) in [6.07, 6.45) is 0. The first kappa shape index (κ1) is 24.3. The molecule has 0 saturated carbocycles. The van der Waals surface area contributed by atoms with Crippen LogP contribution in [0.25, 0.3) is 32.6 Å². The molecule has 0 aliphatic heterocycles. The molecule has 0 atom stereocenters. The van der Waals surface area contributed by atoms with Gasteiger partial charge in [-0.25, -0.2) is 4.98 Å². The fourth-order valence-electron chi connectivity index (χ4n) is 4.33. The molecule has 0 aliphatic rings. The molecule has 0 bridgehead atoms. The Morgan fingerprint density at radius 1 is 0.892 bits per heavy atom. The van der Waals surface area contributed by atoms with E-state index in [-0.39, 0.29) is 5.91 Å². The molecule has 37 heavy (non-hydrogen) atoms. The molecule has 2 aromatic heterocycles. The summed E-state index contributed by atoms with van der Waals surface area (Å²) in [7, 11) is 3.21. The molecule has 3 aromatic carbocycles. The zero-order valence-electron chi connectivity index (χ0n) is 21.1. The summed E-state index contributed by atoms with van der Waals surface area (Å²) in [5.41, 5.74) is 13.4. The number of nitrogen functional groups attached to an aromatic ring is 1. The Bertz CT molecular complexity index is 1630. The SMILES string of the molecule is COc1ccc(-c2cc(-c3ccccc3)nc3sc(C(=O)Nc4cc(C)ccc4C)c(N)c23)cc1OC. The highest BCUT2D eigenvalue weighted by atomic mass is 32.1. The van der Waals surface area contributed by atoms with Crippen molar-refractivity contribution in [1.82, 2.24) is 4.98 Å². The van der Waals surface area contributed by atoms with Crippen molar-refractivity contribution in [1.29, 1.82) is 0 Å². The van der Waals surface area contributed by atoms with Gasteiger partial charge in [0.15, 0.2) is 11.5 Å². The second-order valence-electron chi connectivity index (χ2n) is 8.79. The van der Waals surface area contributed by atoms with Gasteiger partial charge in [-0.3, -0.25) is 4.79 Å². The number of hydrogen-bond acceptors (Lipinski definition) is 6. The first-order valence-corrected chi connectivity index (χ1v) is 12.6. The van der Waals surface area contributed by atoms with E-state index >= 15 is 0 Å². The molecule has 0 saturated heterocycles. The van der Waals surface area contributed by atoms with Crippen molar-refractivity contribution < 1.29 is 14.3 Å². The number of nitrogens with one attached hydrogen (secondary N) is 1. The Labute approximate surface area is 219 Å². The Morgan fingerprint density at radius 2 is 1.65 bits per heavy atom. The molecule has 0 unspecified atom stereocenters. The summed E-state index contributed by atoms with van der Waals surface area (Å²) in [6, 6.07) is 23.6. The number of ether oxygens (including phenoxy) is 2. The monoisotopic (exact) mass is 509 g/mol. The van der Waals surface area contributed by atoms with Gasteiger partial charge in [-0.15, -0.1) is 11.3 Å². The molecular formula is C30H27N3O3S. The van der Waals surface area contributed by atoms with Gasteiger partial charge in [-0.05, 0) is 60.4 Å². The number of carbonyl (C=O) groups is 1. The first-order chi connectivity index (χ1) is 17.9. The summed E-state index contributed by atoms with van der Waals surface area (Å²) >= 11 is 1.29. The van der Waals surface area contributed by atoms with Crippen LogP contribution < -0.4 is 20.5 Å². The van der Waals surface area contributed by atoms with Crippen LogP contribution in [0, 0.1) is 13.8 Å². The van der Waals surface area contributed by atoms with E-state index in [9.17, 15) is 4.79 Å². The summed E-state index contributed by atoms with van der Waals surface area (Å²) in [6.45, 7) is 3.96. The smallest absolute Gasteiger partial charge is 0.267 e. The lowest BCUT2D eigenvalue weighted by molar-refractivity contribution is 0.103. The molecule has 5 rings (SSSR count). The largest absolute Gasteiger partial charge is 0.493 e. The van der Waals surface area contributed by atoms with E-state index in [1.54, 1.807) is 14.2 Å². The molecule has 7 heteroatoms. The number of thiophene rings is 1. The van der Waals surface area contributed by atoms with Crippen molar-refractivity contribution in [3.8, 4) is 33.9 Å². The van der Waals surface area contributed by atoms with Crippen molar-refractivity contribution in [2.45, 2.75) is 13.8 Å². The standard InChI is InChI=1S/C30H27N3O3S/c1-17-10-11-18(2)22(14-17)32-29(34)28-27(31)26-21(20-12-13-24(35-3)25(15-20)36-4)16-23(33-30(26)37-28)19-8-6-5-7-9-19/h5-16H,31H2,1-4H3,(H,32,34). The van der Waals surface area contributed by atoms with Gasteiger partial charge < -0.3 is 20.5 Å². The van der Waals surface area contributed by atoms with Crippen LogP contribution in [0.5, 0.6) is 11.5 Å². The number of pyridine rings is 1. The van der Waals surface area contributed by atoms with Crippen molar-refractivity contribution in [2.24, 2.45) is 0 Å². The van der Waals surface area contributed by atoms with Gasteiger partial charge in [0.25, 0.3) is 5.91 Å². The van der Waals surface area contributed by atoms with Crippen molar-refractivity contribution in [3.63, 3.8) is 0 Å². The van der Waals surface area contributed by atoms with E-state index in [0.29, 0.717) is 26.9 Å². The van der Waals surface area contributed by atoms with Crippen LogP contribution in [0.15, 0.2) is 72.8 Å². The van der Waals surface area contributed by atoms with E-state index in [1.165, 1.54) is 11.3 Å². The van der Waals surface area contributed by atoms with Gasteiger partial charge >= 0.3 is 0 Å². The number of carbonyl (C=O) groups excluding carboxylic acids is 1. The number of aromatic nitrogens is 1. The lowest BCUT2D eigenvalue weighted by atomic mass is 9.99. The molecule has 1 amide bonds. The highest BCUT2D eigenvalue weighted by molar-refractivity contribution is 7.21. The number of amides is 1. The van der Waals surface area contributed by atoms with Gasteiger partial charge in [0.1, 0.15) is 9.71 Å². The Morgan fingerprint density at radius 3 is 2.38 bits per heavy atom. The molecule has 0 aliphatic carbocycles. The van der Waals surface area contributed by atoms with Gasteiger partial charge in [0.2, 0.25) is 0 Å². The number of benzene rings is 3. The fraction of sp³-hybridized carbons (Fsp3) is 0.133. The average molecular weight is 510 g/mol. The lowest BCUT2D eigenvalue weighted by Gasteiger charge is -2.12. The number of anilines is 2. The van der Waals surface area contributed by atoms with Gasteiger partial charge in [-0.2, -0.15) is 0 Å². The van der Waals surface area contributed by atoms with Crippen molar-refractivity contribution in [3.05, 3.63) is 88.8 Å². The van der Waals surface area contributed by atoms with Crippen molar-refractivity contribution in [2.75, 3.05) is 25.3 Å². The Balaban J connectivity index is 1.69. The van der Waals surface area contributed by atoms with Gasteiger partial charge in [0.05, 0.1) is 25.6 Å². The highest BCUT2D eigenvalue weighted by Crippen LogP contribution is 2.43. The molecule has 186 valence electrons. The number of nitrogens with two attached hydrogens (primary N) is 1. The predicted molar refractivity (Wildman–Crippen MR) is 152 cm³/mol. The van der Waals surface area contributed by atoms with E-state index < -0.39 is 0 Å². The number of rotatable bonds is 6. The topological polar surface area (TPSA) is 86.5 Å². The Kier molecular flexibility index (Phi) is 6.54. The van der Waals surface area contributed by atoms with Crippen LogP contribution in [-0.4, -0.2) is 25.1 Å². The summed E-state index contributed by atoms with van der Waals surface area (Å²) < 4.78 is 11.0. The lowest BCUT2D eigenvalue weighted by Crippen LogP contribution is -2.13. The molecule has 3 N–H and O–H groups in total. The maximum atomic E-state index is 13.4. The van der Waals surface area contributed by atoms with Crippen LogP contribution >= 0.6 is 11.3 Å². The van der Waals surface area contributed by atoms with E-state index in [0.717, 1.165) is 44.6 Å². The minimum absolute atomic E-state index is 0.256. The maximum Gasteiger partial charge on any atom is 0.267 e. The van der Waals surface area contributed by atoms with E-state index in [2.05, 4.69) is 5.32 Å². The first-order valence-electron chi connectivity index (χ1n) is 11.8. The third kappa shape index (κ3) is 4.61. The minimum atomic E-state index is -0.256. The third-order valence-electron chi connectivity index (χ3n) is 6.31. The zero-order valence-corrected chi connectivity index (χ0v) is 21.9. The molecule has 5 aromatic rings. The Hall–Kier alpha value is -4.36. The van der Waals surface area contributed by atoms with Crippen LogP contribution in [0.1, 0.15) is 20.8 Å². The summed E-state index contributed by atoms with van der Waals surface area (Å²) in [5.74, 6) is 0.980. The number of aryl methyl sites for hydroxylation is 2. The van der Waals surface area contributed by atoms with Gasteiger partial charge in [0, 0.05) is 16.6 Å². The van der Waals surface area contributed by atoms with E-state index in [4.69, 9.17) is 20.2 Å². The summed E-state index contributed by atoms with van der Waals surface area (Å²) in [4.78, 5) is 19.4. The maximum absolute atomic E-state index is 13.4. The van der Waals surface area contributed by atoms with Crippen LogP contribution in [0.4, 0.5) is 11.4 Å². The normalized spacial score (nSPS) is 10.9. The molecule has 0 radical (unpaired) electrons. The van der Waals surface area contributed by atoms with Crippen molar-refractivity contribution >= 4 is 38.8 Å². The third-order valence-corrected chi connectivity index (χ3v) is 7.41. The molecule has 0 fully saturated rings.